The lowest BCUT2D eigenvalue weighted by molar-refractivity contribution is 0.0272. The van der Waals surface area contributed by atoms with Crippen LogP contribution in [0, 0.1) is 11.8 Å². The number of aliphatic hydroxyl groups is 1. The van der Waals surface area contributed by atoms with Crippen molar-refractivity contribution in [3.63, 3.8) is 0 Å². The van der Waals surface area contributed by atoms with Gasteiger partial charge in [-0.05, 0) is 19.3 Å². The molecule has 0 aliphatic carbocycles. The van der Waals surface area contributed by atoms with E-state index in [0.717, 1.165) is 32.2 Å². The van der Waals surface area contributed by atoms with Crippen LogP contribution < -0.4 is 0 Å². The van der Waals surface area contributed by atoms with Crippen molar-refractivity contribution in [2.75, 3.05) is 32.8 Å². The van der Waals surface area contributed by atoms with Gasteiger partial charge < -0.3 is 14.7 Å². The van der Waals surface area contributed by atoms with E-state index in [-0.39, 0.29) is 0 Å². The summed E-state index contributed by atoms with van der Waals surface area (Å²) in [6.45, 7) is 6.79. The van der Waals surface area contributed by atoms with Gasteiger partial charge in [-0.1, -0.05) is 0 Å². The number of hydrogen-bond donors (Lipinski definition) is 1. The number of rotatable bonds is 3. The third-order valence-electron chi connectivity index (χ3n) is 3.32. The Labute approximate surface area is 79.7 Å². The smallest absolute Gasteiger partial charge is 0.0588 e. The molecule has 0 spiro atoms. The molecule has 2 aliphatic heterocycles. The molecule has 13 heavy (non-hydrogen) atoms. The summed E-state index contributed by atoms with van der Waals surface area (Å²) in [4.78, 5) is 2.43. The van der Waals surface area contributed by atoms with Crippen molar-refractivity contribution in [2.45, 2.75) is 19.4 Å². The summed E-state index contributed by atoms with van der Waals surface area (Å²) < 4.78 is 5.51. The molecule has 3 nitrogen and oxygen atoms in total. The molecule has 0 saturated carbocycles. The zero-order valence-corrected chi connectivity index (χ0v) is 8.28. The average molecular weight is 185 g/mol. The van der Waals surface area contributed by atoms with Gasteiger partial charge in [0.2, 0.25) is 0 Å². The molecule has 2 heterocycles. The van der Waals surface area contributed by atoms with Crippen molar-refractivity contribution in [3.8, 4) is 0 Å². The van der Waals surface area contributed by atoms with Gasteiger partial charge in [-0.2, -0.15) is 0 Å². The van der Waals surface area contributed by atoms with E-state index in [0.29, 0.717) is 18.6 Å². The summed E-state index contributed by atoms with van der Waals surface area (Å²) >= 11 is 0. The number of hydrogen-bond acceptors (Lipinski definition) is 3. The van der Waals surface area contributed by atoms with Crippen LogP contribution in [-0.2, 0) is 4.74 Å². The van der Waals surface area contributed by atoms with E-state index in [9.17, 15) is 0 Å². The Bertz CT molecular complexity index is 168. The number of nitrogens with zero attached hydrogens (tertiary/aromatic N) is 1. The van der Waals surface area contributed by atoms with Crippen LogP contribution in [0.5, 0.6) is 0 Å². The second-order valence-corrected chi connectivity index (χ2v) is 4.39. The highest BCUT2D eigenvalue weighted by atomic mass is 16.5. The summed E-state index contributed by atoms with van der Waals surface area (Å²) in [5.74, 6) is 1.26. The molecule has 76 valence electrons. The van der Waals surface area contributed by atoms with E-state index in [2.05, 4.69) is 11.8 Å². The fraction of sp³-hybridized carbons (Fsp3) is 1.00. The first-order chi connectivity index (χ1) is 6.29. The molecule has 1 N–H and O–H groups in total. The zero-order chi connectivity index (χ0) is 9.26. The lowest BCUT2D eigenvalue weighted by atomic mass is 9.96. The zero-order valence-electron chi connectivity index (χ0n) is 8.28. The van der Waals surface area contributed by atoms with Crippen LogP contribution in [0.1, 0.15) is 13.3 Å². The minimum absolute atomic E-state index is 0.354. The van der Waals surface area contributed by atoms with Crippen LogP contribution in [0.2, 0.25) is 0 Å². The Morgan fingerprint density at radius 1 is 1.46 bits per heavy atom. The Hall–Kier alpha value is -0.120. The third-order valence-corrected chi connectivity index (χ3v) is 3.32. The first kappa shape index (κ1) is 9.44. The molecule has 0 aromatic rings. The van der Waals surface area contributed by atoms with Crippen LogP contribution in [0.25, 0.3) is 0 Å². The number of ether oxygens (including phenoxy) is 1. The van der Waals surface area contributed by atoms with Crippen LogP contribution in [0.15, 0.2) is 0 Å². The first-order valence-electron chi connectivity index (χ1n) is 5.24. The van der Waals surface area contributed by atoms with Crippen LogP contribution in [0.3, 0.4) is 0 Å². The van der Waals surface area contributed by atoms with Gasteiger partial charge in [0.15, 0.2) is 0 Å². The second kappa shape index (κ2) is 3.95. The molecule has 3 heteroatoms. The van der Waals surface area contributed by atoms with E-state index < -0.39 is 0 Å². The molecule has 2 aliphatic rings. The van der Waals surface area contributed by atoms with Crippen LogP contribution >= 0.6 is 0 Å². The molecule has 0 aromatic carbocycles. The predicted octanol–water partition coefficient (Wildman–Crippen LogP) is 0.336. The Balaban J connectivity index is 1.68. The van der Waals surface area contributed by atoms with Crippen molar-refractivity contribution in [1.29, 1.82) is 0 Å². The molecule has 2 rings (SSSR count). The fourth-order valence-corrected chi connectivity index (χ4v) is 2.29. The minimum atomic E-state index is 0.354. The number of aliphatic hydroxyl groups excluding tert-OH is 1. The molecule has 0 amide bonds. The molecule has 2 fully saturated rings. The quantitative estimate of drug-likeness (QED) is 0.688. The molecular weight excluding hydrogens is 166 g/mol. The van der Waals surface area contributed by atoms with E-state index in [1.54, 1.807) is 0 Å². The summed E-state index contributed by atoms with van der Waals surface area (Å²) in [6, 6.07) is 0. The third kappa shape index (κ3) is 2.03. The topological polar surface area (TPSA) is 32.7 Å². The van der Waals surface area contributed by atoms with E-state index >= 15 is 0 Å². The molecule has 0 radical (unpaired) electrons. The summed E-state index contributed by atoms with van der Waals surface area (Å²) in [5.41, 5.74) is 0. The van der Waals surface area contributed by atoms with Gasteiger partial charge in [0.1, 0.15) is 0 Å². The highest BCUT2D eigenvalue weighted by Gasteiger charge is 2.31. The van der Waals surface area contributed by atoms with Crippen molar-refractivity contribution in [3.05, 3.63) is 0 Å². The van der Waals surface area contributed by atoms with Crippen LogP contribution in [-0.4, -0.2) is 49.0 Å². The first-order valence-corrected chi connectivity index (χ1v) is 5.24. The molecule has 0 aromatic heterocycles. The monoisotopic (exact) mass is 185 g/mol. The summed E-state index contributed by atoms with van der Waals surface area (Å²) in [7, 11) is 0. The fourth-order valence-electron chi connectivity index (χ4n) is 2.29. The van der Waals surface area contributed by atoms with Gasteiger partial charge in [0.25, 0.3) is 0 Å². The lowest BCUT2D eigenvalue weighted by Gasteiger charge is -2.40. The Kier molecular flexibility index (Phi) is 2.86. The molecule has 2 unspecified atom stereocenters. The van der Waals surface area contributed by atoms with Gasteiger partial charge >= 0.3 is 0 Å². The predicted molar refractivity (Wildman–Crippen MR) is 50.5 cm³/mol. The second-order valence-electron chi connectivity index (χ2n) is 4.39. The maximum Gasteiger partial charge on any atom is 0.0588 e. The molecular formula is C10H19NO2. The van der Waals surface area contributed by atoms with Gasteiger partial charge in [0.05, 0.1) is 6.10 Å². The van der Waals surface area contributed by atoms with Gasteiger partial charge in [-0.25, -0.2) is 0 Å². The highest BCUT2D eigenvalue weighted by molar-refractivity contribution is 4.84. The summed E-state index contributed by atoms with van der Waals surface area (Å²) in [6.07, 6.45) is 1.65. The standard InChI is InChI=1S/C10H19NO2/c1-8-10(2-3-13-8)6-11-4-9(5-11)7-12/h8-10,12H,2-7H2,1H3. The molecule has 2 atom stereocenters. The van der Waals surface area contributed by atoms with Gasteiger partial charge in [-0.15, -0.1) is 0 Å². The highest BCUT2D eigenvalue weighted by Crippen LogP contribution is 2.24. The normalized spacial score (nSPS) is 36.5. The van der Waals surface area contributed by atoms with Crippen LogP contribution in [0.4, 0.5) is 0 Å². The summed E-state index contributed by atoms with van der Waals surface area (Å²) in [5, 5.41) is 8.87. The Morgan fingerprint density at radius 3 is 2.77 bits per heavy atom. The van der Waals surface area contributed by atoms with E-state index in [1.165, 1.54) is 6.42 Å². The maximum atomic E-state index is 8.87. The van der Waals surface area contributed by atoms with Gasteiger partial charge in [0, 0.05) is 38.8 Å². The van der Waals surface area contributed by atoms with E-state index in [1.807, 2.05) is 0 Å². The van der Waals surface area contributed by atoms with Crippen molar-refractivity contribution in [1.82, 2.24) is 4.90 Å². The lowest BCUT2D eigenvalue weighted by Crippen LogP contribution is -2.50. The largest absolute Gasteiger partial charge is 0.396 e. The molecule has 2 saturated heterocycles. The SMILES string of the molecule is CC1OCCC1CN1CC(CO)C1. The van der Waals surface area contributed by atoms with Gasteiger partial charge in [-0.3, -0.25) is 0 Å². The van der Waals surface area contributed by atoms with Crippen molar-refractivity contribution >= 4 is 0 Å². The average Bonchev–Trinajstić information content (AvgIpc) is 2.43. The minimum Gasteiger partial charge on any atom is -0.396 e. The van der Waals surface area contributed by atoms with Crippen molar-refractivity contribution < 1.29 is 9.84 Å². The number of likely N-dealkylation sites (tertiary alicyclic amines) is 1. The van der Waals surface area contributed by atoms with Crippen molar-refractivity contribution in [2.24, 2.45) is 11.8 Å². The maximum absolute atomic E-state index is 8.87. The molecule has 0 bridgehead atoms. The Morgan fingerprint density at radius 2 is 2.23 bits per heavy atom. The van der Waals surface area contributed by atoms with E-state index in [4.69, 9.17) is 9.84 Å².